The van der Waals surface area contributed by atoms with Crippen LogP contribution in [0.3, 0.4) is 0 Å². The molecule has 0 unspecified atom stereocenters. The molecule has 1 heterocycles. The van der Waals surface area contributed by atoms with Crippen molar-refractivity contribution >= 4 is 22.4 Å². The van der Waals surface area contributed by atoms with Crippen LogP contribution >= 0.6 is 0 Å². The number of methoxy groups -OCH3 is 1. The monoisotopic (exact) mass is 340 g/mol. The van der Waals surface area contributed by atoms with Crippen molar-refractivity contribution in [2.45, 2.75) is 50.2 Å². The molecule has 1 aliphatic rings. The Morgan fingerprint density at radius 1 is 1.04 bits per heavy atom. The summed E-state index contributed by atoms with van der Waals surface area (Å²) < 4.78 is 41.3. The molecule has 0 N–H and O–H groups in total. The van der Waals surface area contributed by atoms with Gasteiger partial charge in [-0.15, -0.1) is 0 Å². The van der Waals surface area contributed by atoms with Gasteiger partial charge in [0.15, 0.2) is 9.84 Å². The average Bonchev–Trinajstić information content (AvgIpc) is 2.68. The molecule has 1 saturated heterocycles. The summed E-state index contributed by atoms with van der Waals surface area (Å²) in [7, 11) is -2.20. The summed E-state index contributed by atoms with van der Waals surface area (Å²) in [6.07, 6.45) is 0.484. The van der Waals surface area contributed by atoms with E-state index in [0.717, 1.165) is 5.46 Å². The minimum atomic E-state index is -3.28. The molecular weight excluding hydrogens is 315 g/mol. The van der Waals surface area contributed by atoms with E-state index in [-0.39, 0.29) is 5.75 Å². The van der Waals surface area contributed by atoms with E-state index in [9.17, 15) is 8.42 Å². The molecule has 7 heteroatoms. The van der Waals surface area contributed by atoms with E-state index < -0.39 is 28.2 Å². The smallest absolute Gasteiger partial charge is 0.399 e. The summed E-state index contributed by atoms with van der Waals surface area (Å²) in [5.74, 6) is 0.0800. The topological polar surface area (TPSA) is 61.8 Å². The number of ether oxygens (including phenoxy) is 1. The summed E-state index contributed by atoms with van der Waals surface area (Å²) in [6.45, 7) is 8.39. The van der Waals surface area contributed by atoms with E-state index in [1.165, 1.54) is 0 Å². The lowest BCUT2D eigenvalue weighted by Crippen LogP contribution is -2.41. The summed E-state index contributed by atoms with van der Waals surface area (Å²) in [5, 5.41) is 0. The second-order valence-corrected chi connectivity index (χ2v) is 8.93. The largest absolute Gasteiger partial charge is 0.494 e. The molecule has 0 aliphatic carbocycles. The maximum atomic E-state index is 12.2. The van der Waals surface area contributed by atoms with Gasteiger partial charge in [-0.25, -0.2) is 8.42 Å². The molecule has 0 spiro atoms. The van der Waals surface area contributed by atoms with Crippen LogP contribution in [0.2, 0.25) is 0 Å². The molecule has 1 fully saturated rings. The highest BCUT2D eigenvalue weighted by molar-refractivity contribution is 7.91. The van der Waals surface area contributed by atoms with E-state index >= 15 is 0 Å². The lowest BCUT2D eigenvalue weighted by molar-refractivity contribution is 0.00578. The summed E-state index contributed by atoms with van der Waals surface area (Å²) >= 11 is 0. The Kier molecular flexibility index (Phi) is 5.26. The van der Waals surface area contributed by atoms with Crippen LogP contribution in [0.25, 0.3) is 0 Å². The molecule has 0 bridgehead atoms. The van der Waals surface area contributed by atoms with E-state index in [2.05, 4.69) is 0 Å². The van der Waals surface area contributed by atoms with Crippen molar-refractivity contribution in [2.24, 2.45) is 0 Å². The Hall–Kier alpha value is -0.885. The molecule has 1 aromatic rings. The van der Waals surface area contributed by atoms with E-state index in [1.54, 1.807) is 31.4 Å². The van der Waals surface area contributed by atoms with Crippen molar-refractivity contribution in [2.75, 3.05) is 19.5 Å². The molecule has 128 valence electrons. The van der Waals surface area contributed by atoms with Crippen molar-refractivity contribution in [1.29, 1.82) is 0 Å². The third-order valence-electron chi connectivity index (χ3n) is 4.53. The third-order valence-corrected chi connectivity index (χ3v) is 6.34. The van der Waals surface area contributed by atoms with E-state index in [4.69, 9.17) is 14.0 Å². The molecule has 0 atom stereocenters. The van der Waals surface area contributed by atoms with Gasteiger partial charge in [-0.1, -0.05) is 12.1 Å². The lowest BCUT2D eigenvalue weighted by atomic mass is 9.79. The molecule has 1 aliphatic heterocycles. The van der Waals surface area contributed by atoms with Gasteiger partial charge in [-0.3, -0.25) is 0 Å². The Morgan fingerprint density at radius 2 is 1.57 bits per heavy atom. The zero-order valence-corrected chi connectivity index (χ0v) is 15.3. The van der Waals surface area contributed by atoms with Gasteiger partial charge >= 0.3 is 7.12 Å². The number of hydrogen-bond acceptors (Lipinski definition) is 5. The molecule has 5 nitrogen and oxygen atoms in total. The standard InChI is InChI=1S/C16H25BO5S/c1-15(2)16(3,4)22-17(21-15)13-7-9-14(10-8-13)23(18,19)12-6-11-20-5/h7-10H,6,11-12H2,1-5H3. The molecule has 23 heavy (non-hydrogen) atoms. The van der Waals surface area contributed by atoms with Crippen molar-refractivity contribution in [1.82, 2.24) is 0 Å². The first-order valence-electron chi connectivity index (χ1n) is 7.76. The molecule has 0 amide bonds. The van der Waals surface area contributed by atoms with Gasteiger partial charge < -0.3 is 14.0 Å². The summed E-state index contributed by atoms with van der Waals surface area (Å²) in [6, 6.07) is 6.74. The second kappa shape index (κ2) is 6.55. The number of sulfone groups is 1. The van der Waals surface area contributed by atoms with Crippen LogP contribution in [-0.2, 0) is 23.9 Å². The highest BCUT2D eigenvalue weighted by atomic mass is 32.2. The van der Waals surface area contributed by atoms with E-state index in [0.29, 0.717) is 17.9 Å². The van der Waals surface area contributed by atoms with Crippen LogP contribution in [-0.4, -0.2) is 46.2 Å². The third kappa shape index (κ3) is 3.96. The Labute approximate surface area is 139 Å². The van der Waals surface area contributed by atoms with Gasteiger partial charge in [0.25, 0.3) is 0 Å². The van der Waals surface area contributed by atoms with E-state index in [1.807, 2.05) is 27.7 Å². The van der Waals surface area contributed by atoms with Gasteiger partial charge in [-0.2, -0.15) is 0 Å². The molecule has 2 rings (SSSR count). The highest BCUT2D eigenvalue weighted by Gasteiger charge is 2.51. The summed E-state index contributed by atoms with van der Waals surface area (Å²) in [5.41, 5.74) is -0.00927. The maximum absolute atomic E-state index is 12.2. The average molecular weight is 340 g/mol. The van der Waals surface area contributed by atoms with Crippen molar-refractivity contribution in [3.63, 3.8) is 0 Å². The predicted molar refractivity (Wildman–Crippen MR) is 90.7 cm³/mol. The Balaban J connectivity index is 2.12. The van der Waals surface area contributed by atoms with Gasteiger partial charge in [-0.05, 0) is 51.7 Å². The fourth-order valence-corrected chi connectivity index (χ4v) is 3.61. The van der Waals surface area contributed by atoms with Crippen molar-refractivity contribution < 1.29 is 22.5 Å². The van der Waals surface area contributed by atoms with Gasteiger partial charge in [0.2, 0.25) is 0 Å². The SMILES string of the molecule is COCCCS(=O)(=O)c1ccc(B2OC(C)(C)C(C)(C)O2)cc1. The number of benzene rings is 1. The van der Waals surface area contributed by atoms with Crippen LogP contribution < -0.4 is 5.46 Å². The fraction of sp³-hybridized carbons (Fsp3) is 0.625. The maximum Gasteiger partial charge on any atom is 0.494 e. The molecule has 0 radical (unpaired) electrons. The van der Waals surface area contributed by atoms with Crippen LogP contribution in [0.5, 0.6) is 0 Å². The normalized spacial score (nSPS) is 20.0. The van der Waals surface area contributed by atoms with Gasteiger partial charge in [0.1, 0.15) is 0 Å². The lowest BCUT2D eigenvalue weighted by Gasteiger charge is -2.32. The summed E-state index contributed by atoms with van der Waals surface area (Å²) in [4.78, 5) is 0.314. The molecular formula is C16H25BO5S. The minimum absolute atomic E-state index is 0.0800. The fourth-order valence-electron chi connectivity index (χ4n) is 2.32. The van der Waals surface area contributed by atoms with Gasteiger partial charge in [0.05, 0.1) is 21.9 Å². The number of rotatable bonds is 6. The van der Waals surface area contributed by atoms with Gasteiger partial charge in [0, 0.05) is 13.7 Å². The Bertz CT molecular complexity index is 621. The first-order valence-corrected chi connectivity index (χ1v) is 9.42. The first-order chi connectivity index (χ1) is 10.6. The predicted octanol–water partition coefficient (Wildman–Crippen LogP) is 1.80. The quantitative estimate of drug-likeness (QED) is 0.584. The zero-order chi connectivity index (χ0) is 17.3. The van der Waals surface area contributed by atoms with Crippen molar-refractivity contribution in [3.8, 4) is 0 Å². The minimum Gasteiger partial charge on any atom is -0.399 e. The van der Waals surface area contributed by atoms with Crippen molar-refractivity contribution in [3.05, 3.63) is 24.3 Å². The highest BCUT2D eigenvalue weighted by Crippen LogP contribution is 2.36. The molecule has 0 saturated carbocycles. The van der Waals surface area contributed by atoms with Crippen LogP contribution in [0, 0.1) is 0 Å². The zero-order valence-electron chi connectivity index (χ0n) is 14.5. The second-order valence-electron chi connectivity index (χ2n) is 6.82. The van der Waals surface area contributed by atoms with Crippen LogP contribution in [0.1, 0.15) is 34.1 Å². The van der Waals surface area contributed by atoms with Crippen LogP contribution in [0.15, 0.2) is 29.2 Å². The first kappa shape index (κ1) is 18.5. The molecule has 1 aromatic carbocycles. The van der Waals surface area contributed by atoms with Crippen LogP contribution in [0.4, 0.5) is 0 Å². The molecule has 0 aromatic heterocycles. The Morgan fingerprint density at radius 3 is 2.04 bits per heavy atom. The number of hydrogen-bond donors (Lipinski definition) is 0.